The van der Waals surface area contributed by atoms with Crippen molar-refractivity contribution in [1.82, 2.24) is 10.2 Å². The molecule has 1 N–H and O–H groups in total. The fraction of sp³-hybridized carbons (Fsp3) is 0.667. The van der Waals surface area contributed by atoms with Crippen LogP contribution in [0.5, 0.6) is 0 Å². The van der Waals surface area contributed by atoms with E-state index in [9.17, 15) is 4.79 Å². The number of carbonyl (C=O) groups is 1. The van der Waals surface area contributed by atoms with Crippen LogP contribution in [-0.4, -0.2) is 35.2 Å². The van der Waals surface area contributed by atoms with Crippen molar-refractivity contribution in [2.75, 3.05) is 6.54 Å². The fourth-order valence-corrected chi connectivity index (χ4v) is 3.63. The maximum Gasteiger partial charge on any atom is 0.410 e. The Bertz CT molecular complexity index is 586. The third kappa shape index (κ3) is 5.74. The number of rotatable bonds is 3. The average molecular weight is 347 g/mol. The van der Waals surface area contributed by atoms with Gasteiger partial charge in [-0.05, 0) is 66.9 Å². The molecule has 4 nitrogen and oxygen atoms in total. The Hall–Kier alpha value is -1.55. The summed E-state index contributed by atoms with van der Waals surface area (Å²) in [5.41, 5.74) is 3.50. The molecule has 140 valence electrons. The lowest BCUT2D eigenvalue weighted by molar-refractivity contribution is 0.00905. The summed E-state index contributed by atoms with van der Waals surface area (Å²) in [7, 11) is 0. The molecule has 0 bridgehead atoms. The number of carbonyl (C=O) groups excluding carboxylic acids is 1. The summed E-state index contributed by atoms with van der Waals surface area (Å²) in [6, 6.07) is 7.63. The van der Waals surface area contributed by atoms with Crippen molar-refractivity contribution in [1.29, 1.82) is 0 Å². The molecule has 3 atom stereocenters. The molecule has 0 saturated carbocycles. The van der Waals surface area contributed by atoms with Crippen LogP contribution in [0.15, 0.2) is 18.2 Å². The van der Waals surface area contributed by atoms with Crippen molar-refractivity contribution < 1.29 is 9.53 Å². The Morgan fingerprint density at radius 1 is 1.24 bits per heavy atom. The predicted molar refractivity (Wildman–Crippen MR) is 103 cm³/mol. The molecule has 1 aliphatic heterocycles. The number of nitrogens with one attached hydrogen (secondary N) is 1. The van der Waals surface area contributed by atoms with Crippen LogP contribution < -0.4 is 5.32 Å². The Balaban J connectivity index is 1.93. The number of hydrogen-bond acceptors (Lipinski definition) is 3. The van der Waals surface area contributed by atoms with Gasteiger partial charge in [0.15, 0.2) is 0 Å². The van der Waals surface area contributed by atoms with Gasteiger partial charge in [-0.15, -0.1) is 0 Å². The summed E-state index contributed by atoms with van der Waals surface area (Å²) in [5, 5.41) is 3.75. The molecule has 1 amide bonds. The van der Waals surface area contributed by atoms with Crippen LogP contribution in [0.4, 0.5) is 4.79 Å². The minimum absolute atomic E-state index is 0.188. The third-order valence-corrected chi connectivity index (χ3v) is 4.73. The van der Waals surface area contributed by atoms with Crippen LogP contribution in [0.2, 0.25) is 0 Å². The van der Waals surface area contributed by atoms with Gasteiger partial charge in [-0.2, -0.15) is 0 Å². The van der Waals surface area contributed by atoms with Crippen LogP contribution in [0.1, 0.15) is 70.2 Å². The van der Waals surface area contributed by atoms with Gasteiger partial charge in [0.2, 0.25) is 0 Å². The molecule has 1 saturated heterocycles. The van der Waals surface area contributed by atoms with E-state index in [0.29, 0.717) is 12.1 Å². The highest BCUT2D eigenvalue weighted by atomic mass is 16.6. The normalized spacial score (nSPS) is 22.6. The Morgan fingerprint density at radius 2 is 1.84 bits per heavy atom. The molecule has 1 heterocycles. The number of hydrogen-bond donors (Lipinski definition) is 1. The van der Waals surface area contributed by atoms with Crippen molar-refractivity contribution in [3.8, 4) is 0 Å². The van der Waals surface area contributed by atoms with Crippen molar-refractivity contribution in [3.63, 3.8) is 0 Å². The minimum atomic E-state index is -0.441. The number of aryl methyl sites for hydroxylation is 2. The van der Waals surface area contributed by atoms with Crippen LogP contribution in [-0.2, 0) is 4.74 Å². The van der Waals surface area contributed by atoms with E-state index in [4.69, 9.17) is 4.74 Å². The highest BCUT2D eigenvalue weighted by Crippen LogP contribution is 2.24. The van der Waals surface area contributed by atoms with Gasteiger partial charge in [0.25, 0.3) is 0 Å². The predicted octanol–water partition coefficient (Wildman–Crippen LogP) is 4.74. The van der Waals surface area contributed by atoms with Crippen LogP contribution >= 0.6 is 0 Å². The van der Waals surface area contributed by atoms with Crippen molar-refractivity contribution in [2.24, 2.45) is 0 Å². The molecule has 0 radical (unpaired) electrons. The van der Waals surface area contributed by atoms with Crippen LogP contribution in [0, 0.1) is 13.8 Å². The second-order valence-electron chi connectivity index (χ2n) is 8.55. The number of piperidine rings is 1. The van der Waals surface area contributed by atoms with E-state index in [1.165, 1.54) is 16.7 Å². The zero-order chi connectivity index (χ0) is 18.8. The Morgan fingerprint density at radius 3 is 2.36 bits per heavy atom. The number of nitrogens with zero attached hydrogens (tertiary/aromatic N) is 1. The molecular formula is C21H34N2O2. The molecular weight excluding hydrogens is 312 g/mol. The van der Waals surface area contributed by atoms with E-state index in [1.807, 2.05) is 25.7 Å². The van der Waals surface area contributed by atoms with Crippen molar-refractivity contribution in [2.45, 2.75) is 85.0 Å². The topological polar surface area (TPSA) is 41.6 Å². The smallest absolute Gasteiger partial charge is 0.410 e. The number of benzene rings is 1. The molecule has 0 aromatic heterocycles. The van der Waals surface area contributed by atoms with Gasteiger partial charge in [0, 0.05) is 24.7 Å². The second-order valence-corrected chi connectivity index (χ2v) is 8.55. The van der Waals surface area contributed by atoms with Gasteiger partial charge in [-0.25, -0.2) is 4.79 Å². The zero-order valence-corrected chi connectivity index (χ0v) is 16.8. The van der Waals surface area contributed by atoms with E-state index in [0.717, 1.165) is 19.4 Å². The molecule has 0 aliphatic carbocycles. The van der Waals surface area contributed by atoms with E-state index in [-0.39, 0.29) is 12.1 Å². The molecule has 0 spiro atoms. The number of ether oxygens (including phenoxy) is 1. The van der Waals surface area contributed by atoms with Crippen LogP contribution in [0.3, 0.4) is 0 Å². The van der Waals surface area contributed by atoms with E-state index >= 15 is 0 Å². The maximum atomic E-state index is 12.3. The quantitative estimate of drug-likeness (QED) is 0.859. The highest BCUT2D eigenvalue weighted by molar-refractivity contribution is 5.68. The van der Waals surface area contributed by atoms with E-state index < -0.39 is 5.60 Å². The lowest BCUT2D eigenvalue weighted by Crippen LogP contribution is -2.51. The molecule has 1 aromatic carbocycles. The SMILES string of the molecule is Cc1cc(C)cc(C(C)NC2CCN(C(=O)OC(C)(C)C)C(C)C2)c1. The first-order valence-electron chi connectivity index (χ1n) is 9.39. The van der Waals surface area contributed by atoms with Crippen molar-refractivity contribution >= 4 is 6.09 Å². The standard InChI is InChI=1S/C21H34N2O2/c1-14-10-15(2)12-18(11-14)17(4)22-19-8-9-23(16(3)13-19)20(24)25-21(5,6)7/h10-12,16-17,19,22H,8-9,13H2,1-7H3. The molecule has 2 rings (SSSR count). The molecule has 1 fully saturated rings. The minimum Gasteiger partial charge on any atom is -0.444 e. The van der Waals surface area contributed by atoms with Gasteiger partial charge in [0.1, 0.15) is 5.60 Å². The molecule has 4 heteroatoms. The maximum absolute atomic E-state index is 12.3. The average Bonchev–Trinajstić information content (AvgIpc) is 2.44. The van der Waals surface area contributed by atoms with Gasteiger partial charge < -0.3 is 15.0 Å². The molecule has 3 unspecified atom stereocenters. The summed E-state index contributed by atoms with van der Waals surface area (Å²) < 4.78 is 5.53. The lowest BCUT2D eigenvalue weighted by atomic mass is 9.96. The summed E-state index contributed by atoms with van der Waals surface area (Å²) in [4.78, 5) is 14.2. The van der Waals surface area contributed by atoms with Gasteiger partial charge >= 0.3 is 6.09 Å². The fourth-order valence-electron chi connectivity index (χ4n) is 3.63. The molecule has 25 heavy (non-hydrogen) atoms. The monoisotopic (exact) mass is 346 g/mol. The number of amides is 1. The lowest BCUT2D eigenvalue weighted by Gasteiger charge is -2.39. The zero-order valence-electron chi connectivity index (χ0n) is 16.8. The van der Waals surface area contributed by atoms with E-state index in [1.54, 1.807) is 0 Å². The van der Waals surface area contributed by atoms with Crippen LogP contribution in [0.25, 0.3) is 0 Å². The first kappa shape index (κ1) is 19.8. The Kier molecular flexibility index (Phi) is 6.15. The first-order valence-corrected chi connectivity index (χ1v) is 9.39. The summed E-state index contributed by atoms with van der Waals surface area (Å²) in [5.74, 6) is 0. The number of likely N-dealkylation sites (tertiary alicyclic amines) is 1. The largest absolute Gasteiger partial charge is 0.444 e. The third-order valence-electron chi connectivity index (χ3n) is 4.73. The summed E-state index contributed by atoms with van der Waals surface area (Å²) >= 11 is 0. The highest BCUT2D eigenvalue weighted by Gasteiger charge is 2.32. The van der Waals surface area contributed by atoms with Gasteiger partial charge in [-0.3, -0.25) is 0 Å². The first-order chi connectivity index (χ1) is 11.5. The summed E-state index contributed by atoms with van der Waals surface area (Å²) in [6.45, 7) is 15.1. The van der Waals surface area contributed by atoms with E-state index in [2.05, 4.69) is 51.2 Å². The molecule has 1 aromatic rings. The van der Waals surface area contributed by atoms with Gasteiger partial charge in [-0.1, -0.05) is 29.3 Å². The molecule has 1 aliphatic rings. The summed E-state index contributed by atoms with van der Waals surface area (Å²) in [6.07, 6.45) is 1.72. The van der Waals surface area contributed by atoms with Crippen molar-refractivity contribution in [3.05, 3.63) is 34.9 Å². The second kappa shape index (κ2) is 7.77. The Labute approximate surface area is 152 Å². The van der Waals surface area contributed by atoms with Gasteiger partial charge in [0.05, 0.1) is 0 Å².